The van der Waals surface area contributed by atoms with Gasteiger partial charge in [0.25, 0.3) is 0 Å². The molecule has 0 aromatic rings. The van der Waals surface area contributed by atoms with E-state index in [0.717, 1.165) is 32.2 Å². The van der Waals surface area contributed by atoms with Crippen LogP contribution in [0.3, 0.4) is 0 Å². The Bertz CT molecular complexity index is 249. The van der Waals surface area contributed by atoms with Gasteiger partial charge in [0.05, 0.1) is 0 Å². The molecule has 0 radical (unpaired) electrons. The Hall–Kier alpha value is -0.570. The molecule has 1 aliphatic rings. The topological polar surface area (TPSA) is 40.5 Å². The van der Waals surface area contributed by atoms with Gasteiger partial charge < -0.3 is 10.0 Å². The summed E-state index contributed by atoms with van der Waals surface area (Å²) >= 11 is 0. The minimum absolute atomic E-state index is 0.159. The Kier molecular flexibility index (Phi) is 4.99. The zero-order valence-corrected chi connectivity index (χ0v) is 11.7. The number of hydrogen-bond acceptors (Lipinski definition) is 2. The number of aliphatic hydroxyl groups excluding tert-OH is 1. The van der Waals surface area contributed by atoms with E-state index in [1.54, 1.807) is 0 Å². The van der Waals surface area contributed by atoms with Crippen LogP contribution >= 0.6 is 0 Å². The van der Waals surface area contributed by atoms with Gasteiger partial charge in [-0.05, 0) is 37.0 Å². The fourth-order valence-electron chi connectivity index (χ4n) is 2.69. The highest BCUT2D eigenvalue weighted by atomic mass is 16.3. The largest absolute Gasteiger partial charge is 0.396 e. The minimum Gasteiger partial charge on any atom is -0.396 e. The maximum atomic E-state index is 12.2. The Labute approximate surface area is 105 Å². The van der Waals surface area contributed by atoms with Gasteiger partial charge in [0.1, 0.15) is 0 Å². The fourth-order valence-corrected chi connectivity index (χ4v) is 2.69. The molecule has 1 N–H and O–H groups in total. The van der Waals surface area contributed by atoms with Crippen molar-refractivity contribution in [3.8, 4) is 0 Å². The first-order valence-electron chi connectivity index (χ1n) is 6.69. The van der Waals surface area contributed by atoms with Crippen LogP contribution in [-0.2, 0) is 4.79 Å². The van der Waals surface area contributed by atoms with Gasteiger partial charge in [0.15, 0.2) is 0 Å². The maximum absolute atomic E-state index is 12.2. The van der Waals surface area contributed by atoms with E-state index in [1.807, 2.05) is 11.9 Å². The average molecular weight is 241 g/mol. The van der Waals surface area contributed by atoms with E-state index in [0.29, 0.717) is 5.92 Å². The zero-order valence-electron chi connectivity index (χ0n) is 11.7. The molecule has 0 aliphatic heterocycles. The molecule has 3 heteroatoms. The molecule has 100 valence electrons. The van der Waals surface area contributed by atoms with E-state index in [4.69, 9.17) is 5.11 Å². The maximum Gasteiger partial charge on any atom is 0.225 e. The summed E-state index contributed by atoms with van der Waals surface area (Å²) < 4.78 is 0. The molecule has 1 amide bonds. The highest BCUT2D eigenvalue weighted by Crippen LogP contribution is 2.30. The lowest BCUT2D eigenvalue weighted by molar-refractivity contribution is -0.136. The van der Waals surface area contributed by atoms with Gasteiger partial charge in [-0.25, -0.2) is 0 Å². The van der Waals surface area contributed by atoms with Crippen LogP contribution in [0.25, 0.3) is 0 Å². The van der Waals surface area contributed by atoms with Gasteiger partial charge in [-0.2, -0.15) is 0 Å². The molecule has 0 heterocycles. The van der Waals surface area contributed by atoms with Crippen LogP contribution in [-0.4, -0.2) is 36.1 Å². The van der Waals surface area contributed by atoms with Crippen molar-refractivity contribution in [1.82, 2.24) is 4.90 Å². The molecule has 17 heavy (non-hydrogen) atoms. The summed E-state index contributed by atoms with van der Waals surface area (Å²) in [5, 5.41) is 9.08. The summed E-state index contributed by atoms with van der Waals surface area (Å²) in [7, 11) is 1.91. The van der Waals surface area contributed by atoms with Crippen molar-refractivity contribution >= 4 is 5.91 Å². The monoisotopic (exact) mass is 241 g/mol. The minimum atomic E-state index is 0.159. The van der Waals surface area contributed by atoms with Gasteiger partial charge in [0, 0.05) is 26.1 Å². The molecule has 1 rings (SSSR count). The number of amides is 1. The van der Waals surface area contributed by atoms with Crippen molar-refractivity contribution in [3.63, 3.8) is 0 Å². The number of rotatable bonds is 3. The first-order valence-corrected chi connectivity index (χ1v) is 6.69. The number of carbonyl (C=O) groups excluding carboxylic acids is 1. The average Bonchev–Trinajstić information content (AvgIpc) is 2.26. The predicted molar refractivity (Wildman–Crippen MR) is 69.6 cm³/mol. The van der Waals surface area contributed by atoms with Crippen molar-refractivity contribution in [1.29, 1.82) is 0 Å². The van der Waals surface area contributed by atoms with Crippen LogP contribution in [0.5, 0.6) is 0 Å². The van der Waals surface area contributed by atoms with Gasteiger partial charge in [0.2, 0.25) is 5.91 Å². The summed E-state index contributed by atoms with van der Waals surface area (Å²) in [6, 6.07) is 0. The molecule has 1 aliphatic carbocycles. The number of nitrogens with zero attached hydrogens (tertiary/aromatic N) is 1. The zero-order chi connectivity index (χ0) is 13.1. The van der Waals surface area contributed by atoms with Crippen LogP contribution in [0.15, 0.2) is 0 Å². The first-order chi connectivity index (χ1) is 7.83. The second-order valence-electron chi connectivity index (χ2n) is 6.66. The van der Waals surface area contributed by atoms with E-state index < -0.39 is 0 Å². The number of carbonyl (C=O) groups is 1. The smallest absolute Gasteiger partial charge is 0.225 e. The van der Waals surface area contributed by atoms with Crippen LogP contribution in [0.4, 0.5) is 0 Å². The quantitative estimate of drug-likeness (QED) is 0.823. The molecule has 0 bridgehead atoms. The fraction of sp³-hybridized carbons (Fsp3) is 0.929. The van der Waals surface area contributed by atoms with Crippen molar-refractivity contribution in [2.75, 3.05) is 20.2 Å². The van der Waals surface area contributed by atoms with Gasteiger partial charge in [-0.15, -0.1) is 0 Å². The molecule has 0 aromatic heterocycles. The lowest BCUT2D eigenvalue weighted by atomic mass is 9.81. The molecule has 0 saturated heterocycles. The standard InChI is InChI=1S/C14H27NO2/c1-14(2,3)10-15(4)13(17)12-7-5-11(9-16)6-8-12/h11-12,16H,5-10H2,1-4H3. The summed E-state index contributed by atoms with van der Waals surface area (Å²) in [5.74, 6) is 0.897. The Balaban J connectivity index is 2.43. The first kappa shape index (κ1) is 14.5. The van der Waals surface area contributed by atoms with Crippen LogP contribution in [0.2, 0.25) is 0 Å². The van der Waals surface area contributed by atoms with Crippen LogP contribution in [0.1, 0.15) is 46.5 Å². The van der Waals surface area contributed by atoms with Crippen LogP contribution < -0.4 is 0 Å². The van der Waals surface area contributed by atoms with Gasteiger partial charge in [-0.1, -0.05) is 20.8 Å². The highest BCUT2D eigenvalue weighted by Gasteiger charge is 2.29. The summed E-state index contributed by atoms with van der Waals surface area (Å²) in [4.78, 5) is 14.1. The lowest BCUT2D eigenvalue weighted by Crippen LogP contribution is -2.39. The second-order valence-corrected chi connectivity index (χ2v) is 6.66. The Morgan fingerprint density at radius 3 is 2.18 bits per heavy atom. The molecule has 0 aromatic carbocycles. The second kappa shape index (κ2) is 5.85. The molecule has 0 unspecified atom stereocenters. The van der Waals surface area contributed by atoms with Crippen molar-refractivity contribution in [3.05, 3.63) is 0 Å². The third-order valence-electron chi connectivity index (χ3n) is 3.54. The third kappa shape index (κ3) is 4.66. The number of hydrogen-bond donors (Lipinski definition) is 1. The molecule has 1 saturated carbocycles. The molecule has 0 spiro atoms. The van der Waals surface area contributed by atoms with E-state index in [2.05, 4.69) is 20.8 Å². The Morgan fingerprint density at radius 1 is 1.24 bits per heavy atom. The molecule has 3 nitrogen and oxygen atoms in total. The normalized spacial score (nSPS) is 25.7. The van der Waals surface area contributed by atoms with Crippen molar-refractivity contribution in [2.24, 2.45) is 17.3 Å². The van der Waals surface area contributed by atoms with Gasteiger partial charge in [-0.3, -0.25) is 4.79 Å². The summed E-state index contributed by atoms with van der Waals surface area (Å²) in [6.07, 6.45) is 3.88. The molecular weight excluding hydrogens is 214 g/mol. The highest BCUT2D eigenvalue weighted by molar-refractivity contribution is 5.78. The predicted octanol–water partition coefficient (Wildman–Crippen LogP) is 2.29. The van der Waals surface area contributed by atoms with E-state index in [-0.39, 0.29) is 23.8 Å². The molecule has 1 fully saturated rings. The van der Waals surface area contributed by atoms with Crippen LogP contribution in [0, 0.1) is 17.3 Å². The molecular formula is C14H27NO2. The summed E-state index contributed by atoms with van der Waals surface area (Å²) in [5.41, 5.74) is 0.159. The van der Waals surface area contributed by atoms with Crippen molar-refractivity contribution in [2.45, 2.75) is 46.5 Å². The van der Waals surface area contributed by atoms with Gasteiger partial charge >= 0.3 is 0 Å². The van der Waals surface area contributed by atoms with Crippen molar-refractivity contribution < 1.29 is 9.90 Å². The molecule has 0 atom stereocenters. The number of aliphatic hydroxyl groups is 1. The van der Waals surface area contributed by atoms with E-state index in [9.17, 15) is 4.79 Å². The summed E-state index contributed by atoms with van der Waals surface area (Å²) in [6.45, 7) is 7.54. The lowest BCUT2D eigenvalue weighted by Gasteiger charge is -2.32. The Morgan fingerprint density at radius 2 is 1.76 bits per heavy atom. The van der Waals surface area contributed by atoms with E-state index >= 15 is 0 Å². The third-order valence-corrected chi connectivity index (χ3v) is 3.54. The van der Waals surface area contributed by atoms with E-state index in [1.165, 1.54) is 0 Å². The SMILES string of the molecule is CN(CC(C)(C)C)C(=O)C1CCC(CO)CC1.